The summed E-state index contributed by atoms with van der Waals surface area (Å²) in [6.07, 6.45) is 4.92. The average Bonchev–Trinajstić information content (AvgIpc) is 2.33. The molecule has 0 aliphatic heterocycles. The average molecular weight is 258 g/mol. The molecular weight excluding hydrogens is 241 g/mol. The van der Waals surface area contributed by atoms with Crippen molar-refractivity contribution >= 4 is 23.2 Å². The molecule has 1 saturated carbocycles. The molecule has 0 amide bonds. The molecule has 0 bridgehead atoms. The largest absolute Gasteiger partial charge is 0.317 e. The van der Waals surface area contributed by atoms with E-state index in [1.165, 1.54) is 24.8 Å². The first kappa shape index (κ1) is 12.2. The molecule has 16 heavy (non-hydrogen) atoms. The molecule has 1 aliphatic carbocycles. The number of halogens is 2. The van der Waals surface area contributed by atoms with Crippen molar-refractivity contribution in [3.8, 4) is 0 Å². The molecule has 0 heterocycles. The molecule has 1 N–H and O–H groups in total. The summed E-state index contributed by atoms with van der Waals surface area (Å²) in [7, 11) is 2.03. The predicted molar refractivity (Wildman–Crippen MR) is 70.5 cm³/mol. The highest BCUT2D eigenvalue weighted by Gasteiger charge is 2.24. The third-order valence-electron chi connectivity index (χ3n) is 3.50. The van der Waals surface area contributed by atoms with E-state index in [0.717, 1.165) is 11.4 Å². The van der Waals surface area contributed by atoms with Crippen LogP contribution in [0, 0.1) is 0 Å². The van der Waals surface area contributed by atoms with Crippen LogP contribution in [-0.2, 0) is 0 Å². The molecule has 1 nitrogen and oxygen atoms in total. The van der Waals surface area contributed by atoms with E-state index >= 15 is 0 Å². The van der Waals surface area contributed by atoms with E-state index < -0.39 is 0 Å². The van der Waals surface area contributed by atoms with Crippen molar-refractivity contribution in [3.05, 3.63) is 33.8 Å². The van der Waals surface area contributed by atoms with Crippen molar-refractivity contribution in [1.29, 1.82) is 0 Å². The lowest BCUT2D eigenvalue weighted by atomic mass is 9.81. The van der Waals surface area contributed by atoms with Gasteiger partial charge in [0.05, 0.1) is 10.0 Å². The first-order chi connectivity index (χ1) is 7.72. The van der Waals surface area contributed by atoms with Crippen LogP contribution in [0.4, 0.5) is 0 Å². The molecule has 0 aromatic heterocycles. The lowest BCUT2D eigenvalue weighted by Gasteiger charge is -2.29. The van der Waals surface area contributed by atoms with Gasteiger partial charge in [0.2, 0.25) is 0 Å². The molecule has 0 radical (unpaired) electrons. The second kappa shape index (κ2) is 5.39. The van der Waals surface area contributed by atoms with Gasteiger partial charge in [0, 0.05) is 6.04 Å². The Hall–Kier alpha value is -0.240. The van der Waals surface area contributed by atoms with E-state index in [4.69, 9.17) is 23.2 Å². The van der Waals surface area contributed by atoms with Crippen LogP contribution in [0.3, 0.4) is 0 Å². The van der Waals surface area contributed by atoms with Gasteiger partial charge in [-0.3, -0.25) is 0 Å². The van der Waals surface area contributed by atoms with Gasteiger partial charge in [-0.05, 0) is 43.9 Å². The lowest BCUT2D eigenvalue weighted by molar-refractivity contribution is 0.355. The fraction of sp³-hybridized carbons (Fsp3) is 0.538. The Bertz CT molecular complexity index is 365. The van der Waals surface area contributed by atoms with E-state index in [0.29, 0.717) is 17.0 Å². The van der Waals surface area contributed by atoms with Crippen LogP contribution < -0.4 is 5.32 Å². The van der Waals surface area contributed by atoms with E-state index in [9.17, 15) is 0 Å². The van der Waals surface area contributed by atoms with Gasteiger partial charge < -0.3 is 5.32 Å². The zero-order chi connectivity index (χ0) is 11.5. The van der Waals surface area contributed by atoms with E-state index in [2.05, 4.69) is 11.4 Å². The third-order valence-corrected chi connectivity index (χ3v) is 4.34. The minimum atomic E-state index is 0.553. The zero-order valence-corrected chi connectivity index (χ0v) is 11.0. The van der Waals surface area contributed by atoms with Gasteiger partial charge in [-0.15, -0.1) is 0 Å². The molecule has 88 valence electrons. The number of hydrogen-bond acceptors (Lipinski definition) is 1. The molecular formula is C13H17Cl2N. The Labute approximate surface area is 107 Å². The summed E-state index contributed by atoms with van der Waals surface area (Å²) < 4.78 is 0. The van der Waals surface area contributed by atoms with Gasteiger partial charge in [0.1, 0.15) is 0 Å². The zero-order valence-electron chi connectivity index (χ0n) is 9.47. The van der Waals surface area contributed by atoms with E-state index in [-0.39, 0.29) is 0 Å². The Kier molecular flexibility index (Phi) is 4.12. The molecule has 1 aromatic carbocycles. The molecule has 3 heteroatoms. The SMILES string of the molecule is CNC1CCCC(c2cccc(Cl)c2Cl)C1. The fourth-order valence-electron chi connectivity index (χ4n) is 2.57. The van der Waals surface area contributed by atoms with Crippen molar-refractivity contribution in [2.45, 2.75) is 37.6 Å². The molecule has 2 rings (SSSR count). The molecule has 1 aliphatic rings. The second-order valence-corrected chi connectivity index (χ2v) is 5.28. The fourth-order valence-corrected chi connectivity index (χ4v) is 3.03. The molecule has 2 atom stereocenters. The maximum atomic E-state index is 6.27. The standard InChI is InChI=1S/C13H17Cl2N/c1-16-10-5-2-4-9(8-10)11-6-3-7-12(14)13(11)15/h3,6-7,9-10,16H,2,4-5,8H2,1H3. The van der Waals surface area contributed by atoms with E-state index in [1.807, 2.05) is 19.2 Å². The minimum absolute atomic E-state index is 0.553. The van der Waals surface area contributed by atoms with E-state index in [1.54, 1.807) is 0 Å². The number of hydrogen-bond donors (Lipinski definition) is 1. The molecule has 1 aromatic rings. The second-order valence-electron chi connectivity index (χ2n) is 4.49. The van der Waals surface area contributed by atoms with Crippen molar-refractivity contribution in [3.63, 3.8) is 0 Å². The summed E-state index contributed by atoms with van der Waals surface area (Å²) in [5.41, 5.74) is 1.22. The summed E-state index contributed by atoms with van der Waals surface area (Å²) in [4.78, 5) is 0. The summed E-state index contributed by atoms with van der Waals surface area (Å²) in [6, 6.07) is 6.57. The summed E-state index contributed by atoms with van der Waals surface area (Å²) in [6.45, 7) is 0. The molecule has 1 fully saturated rings. The van der Waals surface area contributed by atoms with Crippen LogP contribution >= 0.6 is 23.2 Å². The third kappa shape index (κ3) is 2.53. The first-order valence-electron chi connectivity index (χ1n) is 5.83. The highest BCUT2D eigenvalue weighted by Crippen LogP contribution is 2.38. The molecule has 0 saturated heterocycles. The van der Waals surface area contributed by atoms with Gasteiger partial charge in [-0.2, -0.15) is 0 Å². The minimum Gasteiger partial charge on any atom is -0.317 e. The smallest absolute Gasteiger partial charge is 0.0627 e. The Morgan fingerprint density at radius 1 is 1.25 bits per heavy atom. The number of rotatable bonds is 2. The number of nitrogens with one attached hydrogen (secondary N) is 1. The molecule has 2 unspecified atom stereocenters. The van der Waals surface area contributed by atoms with Crippen molar-refractivity contribution in [2.75, 3.05) is 7.05 Å². The van der Waals surface area contributed by atoms with Crippen molar-refractivity contribution < 1.29 is 0 Å². The predicted octanol–water partition coefficient (Wildman–Crippen LogP) is 4.24. The summed E-state index contributed by atoms with van der Waals surface area (Å²) in [5, 5.41) is 4.78. The Morgan fingerprint density at radius 3 is 2.81 bits per heavy atom. The topological polar surface area (TPSA) is 12.0 Å². The normalized spacial score (nSPS) is 25.7. The van der Waals surface area contributed by atoms with Crippen LogP contribution in [0.15, 0.2) is 18.2 Å². The molecule has 0 spiro atoms. The van der Waals surface area contributed by atoms with Gasteiger partial charge in [-0.1, -0.05) is 41.8 Å². The van der Waals surface area contributed by atoms with Crippen molar-refractivity contribution in [2.24, 2.45) is 0 Å². The Morgan fingerprint density at radius 2 is 2.06 bits per heavy atom. The highest BCUT2D eigenvalue weighted by atomic mass is 35.5. The first-order valence-corrected chi connectivity index (χ1v) is 6.59. The Balaban J connectivity index is 2.20. The quantitative estimate of drug-likeness (QED) is 0.836. The van der Waals surface area contributed by atoms with Crippen LogP contribution in [0.2, 0.25) is 10.0 Å². The lowest BCUT2D eigenvalue weighted by Crippen LogP contribution is -2.30. The maximum absolute atomic E-state index is 6.27. The van der Waals surface area contributed by atoms with Crippen LogP contribution in [0.1, 0.15) is 37.2 Å². The van der Waals surface area contributed by atoms with Gasteiger partial charge in [0.15, 0.2) is 0 Å². The van der Waals surface area contributed by atoms with Crippen LogP contribution in [0.25, 0.3) is 0 Å². The van der Waals surface area contributed by atoms with Gasteiger partial charge in [-0.25, -0.2) is 0 Å². The van der Waals surface area contributed by atoms with Gasteiger partial charge in [0.25, 0.3) is 0 Å². The van der Waals surface area contributed by atoms with Gasteiger partial charge >= 0.3 is 0 Å². The van der Waals surface area contributed by atoms with Crippen LogP contribution in [-0.4, -0.2) is 13.1 Å². The van der Waals surface area contributed by atoms with Crippen LogP contribution in [0.5, 0.6) is 0 Å². The maximum Gasteiger partial charge on any atom is 0.0627 e. The number of benzene rings is 1. The van der Waals surface area contributed by atoms with Crippen molar-refractivity contribution in [1.82, 2.24) is 5.32 Å². The highest BCUT2D eigenvalue weighted by molar-refractivity contribution is 6.42. The summed E-state index contributed by atoms with van der Waals surface area (Å²) in [5.74, 6) is 0.553. The summed E-state index contributed by atoms with van der Waals surface area (Å²) >= 11 is 12.3. The monoisotopic (exact) mass is 257 g/mol.